The van der Waals surface area contributed by atoms with Crippen LogP contribution in [0.2, 0.25) is 0 Å². The van der Waals surface area contributed by atoms with Crippen LogP contribution in [-0.2, 0) is 28.6 Å². The molecular weight excluding hydrogens is 961 g/mol. The smallest absolute Gasteiger partial charge is 0.306 e. The molecule has 0 bridgehead atoms. The topological polar surface area (TPSA) is 78.9 Å². The monoisotopic (exact) mass is 1090 g/mol. The maximum atomic E-state index is 12.9. The van der Waals surface area contributed by atoms with Gasteiger partial charge in [0.25, 0.3) is 0 Å². The summed E-state index contributed by atoms with van der Waals surface area (Å²) >= 11 is 0. The van der Waals surface area contributed by atoms with Gasteiger partial charge in [-0.1, -0.05) is 312 Å². The molecule has 0 heterocycles. The van der Waals surface area contributed by atoms with E-state index in [1.807, 2.05) is 0 Å². The van der Waals surface area contributed by atoms with Crippen LogP contribution in [0.4, 0.5) is 0 Å². The highest BCUT2D eigenvalue weighted by Crippen LogP contribution is 2.18. The van der Waals surface area contributed by atoms with Gasteiger partial charge in [0, 0.05) is 19.3 Å². The van der Waals surface area contributed by atoms with Gasteiger partial charge in [-0.25, -0.2) is 0 Å². The van der Waals surface area contributed by atoms with Gasteiger partial charge >= 0.3 is 17.9 Å². The molecule has 0 aromatic heterocycles. The molecule has 1 unspecified atom stereocenters. The first-order valence-electron chi connectivity index (χ1n) is 33.9. The van der Waals surface area contributed by atoms with Crippen LogP contribution in [0.3, 0.4) is 0 Å². The van der Waals surface area contributed by atoms with Crippen molar-refractivity contribution in [1.82, 2.24) is 0 Å². The summed E-state index contributed by atoms with van der Waals surface area (Å²) in [6, 6.07) is 0. The third-order valence-corrected chi connectivity index (χ3v) is 14.9. The van der Waals surface area contributed by atoms with Gasteiger partial charge < -0.3 is 14.2 Å². The SMILES string of the molecule is CC/C=C\C/C=C\C/C=C\C/C=C\CCCCCCCCC(=O)OC(COC(=O)CCCCCCCCCCC/C=C\C/C=C\CCCCC)COC(=O)CCCCCCCCCCCCCCCCCCCCCCCC. The number of hydrogen-bond acceptors (Lipinski definition) is 6. The summed E-state index contributed by atoms with van der Waals surface area (Å²) in [5.41, 5.74) is 0. The molecule has 0 rings (SSSR count). The van der Waals surface area contributed by atoms with Crippen molar-refractivity contribution in [2.75, 3.05) is 13.2 Å². The Balaban J connectivity index is 4.36. The highest BCUT2D eigenvalue weighted by Gasteiger charge is 2.19. The van der Waals surface area contributed by atoms with Crippen LogP contribution in [0.5, 0.6) is 0 Å². The Bertz CT molecular complexity index is 1440. The van der Waals surface area contributed by atoms with Crippen LogP contribution in [0.15, 0.2) is 72.9 Å². The molecule has 0 saturated carbocycles. The van der Waals surface area contributed by atoms with Crippen molar-refractivity contribution < 1.29 is 28.6 Å². The van der Waals surface area contributed by atoms with Crippen LogP contribution in [-0.4, -0.2) is 37.2 Å². The molecule has 0 aromatic carbocycles. The lowest BCUT2D eigenvalue weighted by Gasteiger charge is -2.18. The van der Waals surface area contributed by atoms with E-state index in [0.29, 0.717) is 19.3 Å². The number of allylic oxidation sites excluding steroid dienone is 12. The van der Waals surface area contributed by atoms with Crippen molar-refractivity contribution in [3.05, 3.63) is 72.9 Å². The molecule has 0 aliphatic rings. The molecule has 1 atom stereocenters. The highest BCUT2D eigenvalue weighted by atomic mass is 16.6. The van der Waals surface area contributed by atoms with E-state index >= 15 is 0 Å². The van der Waals surface area contributed by atoms with Crippen molar-refractivity contribution in [3.8, 4) is 0 Å². The zero-order chi connectivity index (χ0) is 56.4. The first-order chi connectivity index (χ1) is 38.5. The second kappa shape index (κ2) is 66.4. The molecule has 0 aliphatic carbocycles. The van der Waals surface area contributed by atoms with Crippen LogP contribution < -0.4 is 0 Å². The molecule has 0 fully saturated rings. The largest absolute Gasteiger partial charge is 0.462 e. The van der Waals surface area contributed by atoms with Gasteiger partial charge in [0.05, 0.1) is 0 Å². The Morgan fingerprint density at radius 3 is 0.808 bits per heavy atom. The Morgan fingerprint density at radius 1 is 0.269 bits per heavy atom. The molecule has 0 saturated heterocycles. The number of unbranched alkanes of at least 4 members (excludes halogenated alkanes) is 39. The molecule has 0 amide bonds. The lowest BCUT2D eigenvalue weighted by molar-refractivity contribution is -0.167. The molecule has 0 aromatic rings. The first-order valence-corrected chi connectivity index (χ1v) is 33.9. The molecule has 0 spiro atoms. The standard InChI is InChI=1S/C72H128O6/c1-4-7-10-13-16-19-22-25-28-31-34-35-36-39-41-44-47-50-53-56-59-62-65-71(74)77-68-69(78-72(75)66-63-60-57-54-51-48-45-42-38-33-30-27-24-21-18-15-12-9-6-3)67-76-70(73)64-61-58-55-52-49-46-43-40-37-32-29-26-23-20-17-14-11-8-5-2/h9,12,17-18,20-21,26-27,29-30,38,42,69H,4-8,10-11,13-16,19,22-25,28,31-37,39-41,43-68H2,1-3H3/b12-9-,20-17-,21-18-,29-26-,30-27-,42-38-. The molecule has 78 heavy (non-hydrogen) atoms. The molecule has 6 heteroatoms. The molecule has 0 aliphatic heterocycles. The van der Waals surface area contributed by atoms with Gasteiger partial charge in [-0.3, -0.25) is 14.4 Å². The number of hydrogen-bond donors (Lipinski definition) is 0. The van der Waals surface area contributed by atoms with E-state index in [9.17, 15) is 14.4 Å². The summed E-state index contributed by atoms with van der Waals surface area (Å²) in [4.78, 5) is 38.4. The Hall–Kier alpha value is -3.15. The minimum Gasteiger partial charge on any atom is -0.462 e. The Labute approximate surface area is 484 Å². The predicted octanol–water partition coefficient (Wildman–Crippen LogP) is 23.3. The fraction of sp³-hybridized carbons (Fsp3) is 0.792. The van der Waals surface area contributed by atoms with Gasteiger partial charge in [0.2, 0.25) is 0 Å². The maximum Gasteiger partial charge on any atom is 0.306 e. The maximum absolute atomic E-state index is 12.9. The number of ether oxygens (including phenoxy) is 3. The second-order valence-corrected chi connectivity index (χ2v) is 22.7. The molecule has 0 radical (unpaired) electrons. The van der Waals surface area contributed by atoms with Gasteiger partial charge in [0.15, 0.2) is 6.10 Å². The van der Waals surface area contributed by atoms with Gasteiger partial charge in [-0.05, 0) is 89.9 Å². The van der Waals surface area contributed by atoms with Crippen LogP contribution in [0, 0.1) is 0 Å². The predicted molar refractivity (Wildman–Crippen MR) is 339 cm³/mol. The van der Waals surface area contributed by atoms with Crippen LogP contribution in [0.25, 0.3) is 0 Å². The van der Waals surface area contributed by atoms with E-state index in [-0.39, 0.29) is 31.1 Å². The summed E-state index contributed by atoms with van der Waals surface area (Å²) in [5.74, 6) is -0.878. The van der Waals surface area contributed by atoms with E-state index < -0.39 is 6.10 Å². The minimum absolute atomic E-state index is 0.0794. The van der Waals surface area contributed by atoms with Gasteiger partial charge in [-0.15, -0.1) is 0 Å². The number of carbonyl (C=O) groups excluding carboxylic acids is 3. The van der Waals surface area contributed by atoms with Crippen LogP contribution in [0.1, 0.15) is 348 Å². The van der Waals surface area contributed by atoms with Crippen molar-refractivity contribution in [2.24, 2.45) is 0 Å². The molecule has 0 N–H and O–H groups in total. The summed E-state index contributed by atoms with van der Waals surface area (Å²) < 4.78 is 17.0. The summed E-state index contributed by atoms with van der Waals surface area (Å²) in [7, 11) is 0. The molecule has 6 nitrogen and oxygen atoms in total. The number of esters is 3. The first kappa shape index (κ1) is 74.8. The second-order valence-electron chi connectivity index (χ2n) is 22.7. The van der Waals surface area contributed by atoms with Gasteiger partial charge in [0.1, 0.15) is 13.2 Å². The number of rotatable bonds is 62. The molecular formula is C72H128O6. The van der Waals surface area contributed by atoms with Crippen molar-refractivity contribution in [2.45, 2.75) is 354 Å². The lowest BCUT2D eigenvalue weighted by atomic mass is 10.0. The summed E-state index contributed by atoms with van der Waals surface area (Å²) in [6.07, 6.45) is 86.3. The highest BCUT2D eigenvalue weighted by molar-refractivity contribution is 5.71. The zero-order valence-electron chi connectivity index (χ0n) is 51.9. The average Bonchev–Trinajstić information content (AvgIpc) is 3.44. The molecule has 452 valence electrons. The third-order valence-electron chi connectivity index (χ3n) is 14.9. The Kier molecular flexibility index (Phi) is 63.7. The summed E-state index contributed by atoms with van der Waals surface area (Å²) in [6.45, 7) is 6.54. The van der Waals surface area contributed by atoms with Crippen molar-refractivity contribution >= 4 is 17.9 Å². The van der Waals surface area contributed by atoms with E-state index in [1.165, 1.54) is 205 Å². The quantitative estimate of drug-likeness (QED) is 0.0261. The Morgan fingerprint density at radius 2 is 0.500 bits per heavy atom. The lowest BCUT2D eigenvalue weighted by Crippen LogP contribution is -2.30. The fourth-order valence-electron chi connectivity index (χ4n) is 9.88. The van der Waals surface area contributed by atoms with Crippen LogP contribution >= 0.6 is 0 Å². The average molecular weight is 1090 g/mol. The number of carbonyl (C=O) groups is 3. The van der Waals surface area contributed by atoms with E-state index in [0.717, 1.165) is 103 Å². The minimum atomic E-state index is -0.786. The third kappa shape index (κ3) is 63.7. The van der Waals surface area contributed by atoms with E-state index in [4.69, 9.17) is 14.2 Å². The van der Waals surface area contributed by atoms with Crippen molar-refractivity contribution in [3.63, 3.8) is 0 Å². The van der Waals surface area contributed by atoms with Gasteiger partial charge in [-0.2, -0.15) is 0 Å². The van der Waals surface area contributed by atoms with E-state index in [2.05, 4.69) is 93.7 Å². The fourth-order valence-corrected chi connectivity index (χ4v) is 9.88. The summed E-state index contributed by atoms with van der Waals surface area (Å²) in [5, 5.41) is 0. The normalized spacial score (nSPS) is 12.5. The zero-order valence-corrected chi connectivity index (χ0v) is 51.9. The van der Waals surface area contributed by atoms with Crippen molar-refractivity contribution in [1.29, 1.82) is 0 Å². The van der Waals surface area contributed by atoms with E-state index in [1.54, 1.807) is 0 Å².